The molecule has 0 unspecified atom stereocenters. The van der Waals surface area contributed by atoms with Crippen LogP contribution in [0, 0.1) is 5.92 Å². The van der Waals surface area contributed by atoms with E-state index in [2.05, 4.69) is 12.2 Å². The Hall–Kier alpha value is -2.77. The van der Waals surface area contributed by atoms with E-state index >= 15 is 0 Å². The van der Waals surface area contributed by atoms with E-state index in [0.717, 1.165) is 30.6 Å². The summed E-state index contributed by atoms with van der Waals surface area (Å²) in [6.45, 7) is 8.05. The van der Waals surface area contributed by atoms with Crippen molar-refractivity contribution < 1.29 is 23.9 Å². The van der Waals surface area contributed by atoms with E-state index in [-0.39, 0.29) is 18.4 Å². The molecule has 3 amide bonds. The highest BCUT2D eigenvalue weighted by Gasteiger charge is 2.56. The first-order valence-corrected chi connectivity index (χ1v) is 11.4. The Kier molecular flexibility index (Phi) is 7.31. The molecule has 1 aliphatic heterocycles. The van der Waals surface area contributed by atoms with Crippen molar-refractivity contribution in [1.82, 2.24) is 10.2 Å². The van der Waals surface area contributed by atoms with Crippen molar-refractivity contribution in [3.63, 3.8) is 0 Å². The van der Waals surface area contributed by atoms with Crippen LogP contribution in [0.15, 0.2) is 24.3 Å². The van der Waals surface area contributed by atoms with E-state index in [0.29, 0.717) is 18.9 Å². The average molecular weight is 446 g/mol. The Morgan fingerprint density at radius 3 is 2.47 bits per heavy atom. The lowest BCUT2D eigenvalue weighted by atomic mass is 10.0. The number of primary amides is 1. The first kappa shape index (κ1) is 23.9. The summed E-state index contributed by atoms with van der Waals surface area (Å²) in [5.41, 5.74) is 5.72. The molecule has 176 valence electrons. The standard InChI is InChI=1S/C24H35N3O5/c1-5-6-11-31-17-9-7-15(8-10-17)12-18(26-23(30)32-24(2,3)4)22(29)27-19-13-16(19)14-20(27)21(25)28/h7-10,16,18-20H,5-6,11-14H2,1-4H3,(H2,25,28)(H,26,30)/t16-,18-,19-,20-/m0/s1. The lowest BCUT2D eigenvalue weighted by Gasteiger charge is -2.30. The third kappa shape index (κ3) is 6.14. The number of carbonyl (C=O) groups is 3. The number of ether oxygens (including phenoxy) is 2. The Labute approximate surface area is 189 Å². The van der Waals surface area contributed by atoms with Crippen LogP contribution in [0.4, 0.5) is 4.79 Å². The van der Waals surface area contributed by atoms with E-state index in [1.165, 1.54) is 0 Å². The highest BCUT2D eigenvalue weighted by Crippen LogP contribution is 2.48. The summed E-state index contributed by atoms with van der Waals surface area (Å²) in [6, 6.07) is 6.03. The Morgan fingerprint density at radius 1 is 1.19 bits per heavy atom. The number of rotatable bonds is 9. The third-order valence-corrected chi connectivity index (χ3v) is 5.81. The number of hydrogen-bond donors (Lipinski definition) is 2. The van der Waals surface area contributed by atoms with E-state index in [1.54, 1.807) is 25.7 Å². The van der Waals surface area contributed by atoms with E-state index < -0.39 is 29.7 Å². The summed E-state index contributed by atoms with van der Waals surface area (Å²) in [5.74, 6) is 0.278. The van der Waals surface area contributed by atoms with Gasteiger partial charge in [-0.15, -0.1) is 0 Å². The van der Waals surface area contributed by atoms with Crippen LogP contribution in [0.5, 0.6) is 5.75 Å². The molecule has 1 aromatic rings. The number of unbranched alkanes of at least 4 members (excludes halogenated alkanes) is 1. The number of likely N-dealkylation sites (tertiary alicyclic amines) is 1. The fraction of sp³-hybridized carbons (Fsp3) is 0.625. The molecule has 8 heteroatoms. The van der Waals surface area contributed by atoms with Crippen LogP contribution in [-0.2, 0) is 20.7 Å². The minimum Gasteiger partial charge on any atom is -0.494 e. The van der Waals surface area contributed by atoms with Gasteiger partial charge in [0.05, 0.1) is 6.61 Å². The van der Waals surface area contributed by atoms with Gasteiger partial charge in [0.25, 0.3) is 0 Å². The molecule has 1 aromatic carbocycles. The molecule has 2 fully saturated rings. The van der Waals surface area contributed by atoms with Gasteiger partial charge in [-0.3, -0.25) is 9.59 Å². The average Bonchev–Trinajstić information content (AvgIpc) is 3.36. The summed E-state index contributed by atoms with van der Waals surface area (Å²) in [7, 11) is 0. The predicted molar refractivity (Wildman–Crippen MR) is 120 cm³/mol. The molecule has 1 aliphatic carbocycles. The quantitative estimate of drug-likeness (QED) is 0.568. The SMILES string of the molecule is CCCCOc1ccc(C[C@H](NC(=O)OC(C)(C)C)C(=O)N2[C@H](C(N)=O)C[C@@H]3C[C@@H]32)cc1. The summed E-state index contributed by atoms with van der Waals surface area (Å²) >= 11 is 0. The number of benzene rings is 1. The minimum absolute atomic E-state index is 0.0253. The van der Waals surface area contributed by atoms with Crippen LogP contribution >= 0.6 is 0 Å². The number of piperidine rings is 1. The van der Waals surface area contributed by atoms with Crippen LogP contribution in [0.1, 0.15) is 58.9 Å². The highest BCUT2D eigenvalue weighted by molar-refractivity contribution is 5.92. The summed E-state index contributed by atoms with van der Waals surface area (Å²) < 4.78 is 11.1. The van der Waals surface area contributed by atoms with Crippen LogP contribution in [0.2, 0.25) is 0 Å². The van der Waals surface area contributed by atoms with E-state index in [9.17, 15) is 14.4 Å². The number of alkyl carbamates (subject to hydrolysis) is 1. The van der Waals surface area contributed by atoms with Crippen molar-refractivity contribution in [3.05, 3.63) is 29.8 Å². The summed E-state index contributed by atoms with van der Waals surface area (Å²) in [5, 5.41) is 2.72. The van der Waals surface area contributed by atoms with Gasteiger partial charge in [-0.25, -0.2) is 4.79 Å². The molecule has 1 saturated heterocycles. The molecule has 32 heavy (non-hydrogen) atoms. The van der Waals surface area contributed by atoms with Gasteiger partial charge in [0, 0.05) is 12.5 Å². The minimum atomic E-state index is -0.863. The molecule has 0 bridgehead atoms. The van der Waals surface area contributed by atoms with E-state index in [1.807, 2.05) is 24.3 Å². The normalized spacial score (nSPS) is 22.6. The molecular formula is C24H35N3O5. The van der Waals surface area contributed by atoms with Crippen LogP contribution < -0.4 is 15.8 Å². The topological polar surface area (TPSA) is 111 Å². The lowest BCUT2D eigenvalue weighted by Crippen LogP contribution is -2.55. The van der Waals surface area contributed by atoms with Crippen molar-refractivity contribution in [2.45, 2.75) is 83.5 Å². The number of hydrogen-bond acceptors (Lipinski definition) is 5. The van der Waals surface area contributed by atoms with Crippen molar-refractivity contribution in [2.24, 2.45) is 11.7 Å². The molecule has 3 rings (SSSR count). The third-order valence-electron chi connectivity index (χ3n) is 5.81. The van der Waals surface area contributed by atoms with Crippen LogP contribution in [0.3, 0.4) is 0 Å². The molecule has 3 N–H and O–H groups in total. The monoisotopic (exact) mass is 445 g/mol. The van der Waals surface area contributed by atoms with Crippen molar-refractivity contribution in [3.8, 4) is 5.75 Å². The number of nitrogens with zero attached hydrogens (tertiary/aromatic N) is 1. The predicted octanol–water partition coefficient (Wildman–Crippen LogP) is 2.78. The molecule has 0 aromatic heterocycles. The fourth-order valence-electron chi connectivity index (χ4n) is 4.15. The maximum absolute atomic E-state index is 13.5. The molecule has 0 spiro atoms. The number of amides is 3. The van der Waals surface area contributed by atoms with Gasteiger partial charge in [0.15, 0.2) is 0 Å². The molecular weight excluding hydrogens is 410 g/mol. The van der Waals surface area contributed by atoms with Crippen LogP contribution in [0.25, 0.3) is 0 Å². The maximum atomic E-state index is 13.5. The molecule has 8 nitrogen and oxygen atoms in total. The van der Waals surface area contributed by atoms with Crippen LogP contribution in [-0.4, -0.2) is 53.1 Å². The molecule has 0 radical (unpaired) electrons. The number of nitrogens with two attached hydrogens (primary N) is 1. The smallest absolute Gasteiger partial charge is 0.408 e. The van der Waals surface area contributed by atoms with Gasteiger partial charge in [0.1, 0.15) is 23.4 Å². The Morgan fingerprint density at radius 2 is 1.88 bits per heavy atom. The fourth-order valence-corrected chi connectivity index (χ4v) is 4.15. The molecule has 2 aliphatic rings. The maximum Gasteiger partial charge on any atom is 0.408 e. The number of nitrogens with one attached hydrogen (secondary N) is 1. The molecule has 4 atom stereocenters. The second-order valence-electron chi connectivity index (χ2n) is 9.71. The summed E-state index contributed by atoms with van der Waals surface area (Å²) in [6.07, 6.45) is 3.11. The zero-order valence-electron chi connectivity index (χ0n) is 19.4. The van der Waals surface area contributed by atoms with Gasteiger partial charge in [-0.2, -0.15) is 0 Å². The Balaban J connectivity index is 1.74. The largest absolute Gasteiger partial charge is 0.494 e. The number of carbonyl (C=O) groups excluding carboxylic acids is 3. The zero-order chi connectivity index (χ0) is 23.5. The van der Waals surface area contributed by atoms with Crippen molar-refractivity contribution in [1.29, 1.82) is 0 Å². The first-order valence-electron chi connectivity index (χ1n) is 11.4. The second kappa shape index (κ2) is 9.79. The molecule has 1 saturated carbocycles. The van der Waals surface area contributed by atoms with Gasteiger partial charge in [-0.1, -0.05) is 25.5 Å². The first-order chi connectivity index (χ1) is 15.1. The van der Waals surface area contributed by atoms with Gasteiger partial charge < -0.3 is 25.4 Å². The van der Waals surface area contributed by atoms with Gasteiger partial charge in [0.2, 0.25) is 11.8 Å². The number of fused-ring (bicyclic) bond motifs is 1. The second-order valence-corrected chi connectivity index (χ2v) is 9.71. The van der Waals surface area contributed by atoms with Gasteiger partial charge >= 0.3 is 6.09 Å². The Bertz CT molecular complexity index is 833. The zero-order valence-corrected chi connectivity index (χ0v) is 19.4. The molecule has 1 heterocycles. The van der Waals surface area contributed by atoms with Crippen molar-refractivity contribution >= 4 is 17.9 Å². The lowest BCUT2D eigenvalue weighted by molar-refractivity contribution is -0.140. The van der Waals surface area contributed by atoms with E-state index in [4.69, 9.17) is 15.2 Å². The van der Waals surface area contributed by atoms with Crippen molar-refractivity contribution in [2.75, 3.05) is 6.61 Å². The summed E-state index contributed by atoms with van der Waals surface area (Å²) in [4.78, 5) is 39.4. The van der Waals surface area contributed by atoms with Gasteiger partial charge in [-0.05, 0) is 63.6 Å². The highest BCUT2D eigenvalue weighted by atomic mass is 16.6.